The highest BCUT2D eigenvalue weighted by molar-refractivity contribution is 5.03. The predicted octanol–water partition coefficient (Wildman–Crippen LogP) is 1.55. The van der Waals surface area contributed by atoms with Gasteiger partial charge in [0, 0.05) is 37.4 Å². The Kier molecular flexibility index (Phi) is 6.04. The van der Waals surface area contributed by atoms with Gasteiger partial charge >= 0.3 is 0 Å². The summed E-state index contributed by atoms with van der Waals surface area (Å²) in [5.41, 5.74) is 1.17. The third-order valence-corrected chi connectivity index (χ3v) is 2.98. The molecule has 1 heterocycles. The molecular formula is C13H23N3. The normalized spacial score (nSPS) is 13.0. The van der Waals surface area contributed by atoms with Crippen molar-refractivity contribution in [1.29, 1.82) is 0 Å². The van der Waals surface area contributed by atoms with Gasteiger partial charge in [-0.25, -0.2) is 0 Å². The van der Waals surface area contributed by atoms with Crippen molar-refractivity contribution >= 4 is 0 Å². The summed E-state index contributed by atoms with van der Waals surface area (Å²) in [6, 6.07) is 6.72. The standard InChI is InChI=1S/C13H23N3/c1-4-13(11-14-2)16(3)10-8-12-7-5-6-9-15-12/h5-7,9,13-14H,4,8,10-11H2,1-3H3. The van der Waals surface area contributed by atoms with Crippen LogP contribution in [0.5, 0.6) is 0 Å². The van der Waals surface area contributed by atoms with E-state index in [4.69, 9.17) is 0 Å². The summed E-state index contributed by atoms with van der Waals surface area (Å²) >= 11 is 0. The lowest BCUT2D eigenvalue weighted by Crippen LogP contribution is -2.39. The molecule has 0 amide bonds. The van der Waals surface area contributed by atoms with Crippen LogP contribution in [0, 0.1) is 0 Å². The molecule has 0 radical (unpaired) electrons. The first kappa shape index (κ1) is 13.1. The zero-order chi connectivity index (χ0) is 11.8. The molecule has 0 aliphatic heterocycles. The fourth-order valence-electron chi connectivity index (χ4n) is 1.87. The van der Waals surface area contributed by atoms with Crippen molar-refractivity contribution in [3.05, 3.63) is 30.1 Å². The molecule has 0 fully saturated rings. The van der Waals surface area contributed by atoms with Gasteiger partial charge in [-0.1, -0.05) is 13.0 Å². The lowest BCUT2D eigenvalue weighted by molar-refractivity contribution is 0.234. The lowest BCUT2D eigenvalue weighted by atomic mass is 10.2. The number of hydrogen-bond donors (Lipinski definition) is 1. The largest absolute Gasteiger partial charge is 0.318 e. The van der Waals surface area contributed by atoms with Gasteiger partial charge in [-0.2, -0.15) is 0 Å². The number of rotatable bonds is 7. The van der Waals surface area contributed by atoms with E-state index in [2.05, 4.69) is 35.2 Å². The maximum atomic E-state index is 4.34. The van der Waals surface area contributed by atoms with Crippen molar-refractivity contribution in [3.63, 3.8) is 0 Å². The Morgan fingerprint density at radius 3 is 2.81 bits per heavy atom. The number of pyridine rings is 1. The maximum absolute atomic E-state index is 4.34. The molecule has 1 N–H and O–H groups in total. The lowest BCUT2D eigenvalue weighted by Gasteiger charge is -2.26. The van der Waals surface area contributed by atoms with E-state index in [1.54, 1.807) is 0 Å². The summed E-state index contributed by atoms with van der Waals surface area (Å²) in [5, 5.41) is 3.24. The molecular weight excluding hydrogens is 198 g/mol. The van der Waals surface area contributed by atoms with Crippen LogP contribution in [-0.2, 0) is 6.42 Å². The van der Waals surface area contributed by atoms with E-state index in [9.17, 15) is 0 Å². The Labute approximate surface area is 98.9 Å². The first-order valence-electron chi connectivity index (χ1n) is 6.02. The Morgan fingerprint density at radius 2 is 2.25 bits per heavy atom. The van der Waals surface area contributed by atoms with Gasteiger partial charge in [0.1, 0.15) is 0 Å². The minimum atomic E-state index is 0.619. The highest BCUT2D eigenvalue weighted by Gasteiger charge is 2.11. The summed E-state index contributed by atoms with van der Waals surface area (Å²) in [4.78, 5) is 6.75. The molecule has 1 atom stereocenters. The first-order valence-corrected chi connectivity index (χ1v) is 6.02. The topological polar surface area (TPSA) is 28.2 Å². The van der Waals surface area contributed by atoms with Gasteiger partial charge in [0.05, 0.1) is 0 Å². The van der Waals surface area contributed by atoms with Gasteiger partial charge in [-0.05, 0) is 32.6 Å². The van der Waals surface area contributed by atoms with Gasteiger partial charge in [0.25, 0.3) is 0 Å². The van der Waals surface area contributed by atoms with Crippen molar-refractivity contribution in [3.8, 4) is 0 Å². The molecule has 0 spiro atoms. The molecule has 0 aliphatic carbocycles. The van der Waals surface area contributed by atoms with Crippen LogP contribution in [-0.4, -0.2) is 43.1 Å². The van der Waals surface area contributed by atoms with E-state index in [1.165, 1.54) is 12.1 Å². The number of aromatic nitrogens is 1. The highest BCUT2D eigenvalue weighted by Crippen LogP contribution is 2.03. The Hall–Kier alpha value is -0.930. The van der Waals surface area contributed by atoms with E-state index in [-0.39, 0.29) is 0 Å². The molecule has 1 aromatic heterocycles. The molecule has 1 rings (SSSR count). The van der Waals surface area contributed by atoms with Crippen LogP contribution < -0.4 is 5.32 Å². The number of likely N-dealkylation sites (N-methyl/N-ethyl adjacent to an activating group) is 2. The van der Waals surface area contributed by atoms with Crippen molar-refractivity contribution in [1.82, 2.24) is 15.2 Å². The molecule has 1 unspecified atom stereocenters. The average Bonchev–Trinajstić information content (AvgIpc) is 2.34. The van der Waals surface area contributed by atoms with Crippen LogP contribution in [0.25, 0.3) is 0 Å². The molecule has 0 saturated carbocycles. The molecule has 0 aromatic carbocycles. The van der Waals surface area contributed by atoms with E-state index < -0.39 is 0 Å². The van der Waals surface area contributed by atoms with Crippen molar-refractivity contribution in [2.24, 2.45) is 0 Å². The van der Waals surface area contributed by atoms with E-state index in [1.807, 2.05) is 25.4 Å². The smallest absolute Gasteiger partial charge is 0.0416 e. The summed E-state index contributed by atoms with van der Waals surface area (Å²) in [6.07, 6.45) is 4.07. The molecule has 0 saturated heterocycles. The second-order valence-electron chi connectivity index (χ2n) is 4.17. The molecule has 3 nitrogen and oxygen atoms in total. The monoisotopic (exact) mass is 221 g/mol. The molecule has 1 aromatic rings. The van der Waals surface area contributed by atoms with Crippen LogP contribution in [0.4, 0.5) is 0 Å². The fourth-order valence-corrected chi connectivity index (χ4v) is 1.87. The molecule has 16 heavy (non-hydrogen) atoms. The van der Waals surface area contributed by atoms with Crippen LogP contribution in [0.3, 0.4) is 0 Å². The average molecular weight is 221 g/mol. The minimum Gasteiger partial charge on any atom is -0.318 e. The van der Waals surface area contributed by atoms with Crippen molar-refractivity contribution in [2.45, 2.75) is 25.8 Å². The van der Waals surface area contributed by atoms with E-state index in [0.717, 1.165) is 19.5 Å². The summed E-state index contributed by atoms with van der Waals surface area (Å²) in [6.45, 7) is 4.35. The first-order chi connectivity index (χ1) is 7.77. The van der Waals surface area contributed by atoms with Gasteiger partial charge in [-0.3, -0.25) is 4.98 Å². The number of nitrogens with one attached hydrogen (secondary N) is 1. The molecule has 0 aliphatic rings. The van der Waals surface area contributed by atoms with Crippen LogP contribution >= 0.6 is 0 Å². The Balaban J connectivity index is 2.36. The van der Waals surface area contributed by atoms with Crippen LogP contribution in [0.2, 0.25) is 0 Å². The quantitative estimate of drug-likeness (QED) is 0.757. The second kappa shape index (κ2) is 7.36. The minimum absolute atomic E-state index is 0.619. The zero-order valence-electron chi connectivity index (χ0n) is 10.6. The second-order valence-corrected chi connectivity index (χ2v) is 4.17. The third kappa shape index (κ3) is 4.29. The summed E-state index contributed by atoms with van der Waals surface area (Å²) in [7, 11) is 4.20. The van der Waals surface area contributed by atoms with Crippen molar-refractivity contribution in [2.75, 3.05) is 27.2 Å². The van der Waals surface area contributed by atoms with Crippen molar-refractivity contribution < 1.29 is 0 Å². The SMILES string of the molecule is CCC(CNC)N(C)CCc1ccccn1. The summed E-state index contributed by atoms with van der Waals surface area (Å²) < 4.78 is 0. The van der Waals surface area contributed by atoms with E-state index >= 15 is 0 Å². The van der Waals surface area contributed by atoms with Gasteiger partial charge in [0.15, 0.2) is 0 Å². The van der Waals surface area contributed by atoms with Gasteiger partial charge < -0.3 is 10.2 Å². The number of hydrogen-bond acceptors (Lipinski definition) is 3. The fraction of sp³-hybridized carbons (Fsp3) is 0.615. The molecule has 3 heteroatoms. The molecule has 0 bridgehead atoms. The van der Waals surface area contributed by atoms with Gasteiger partial charge in [-0.15, -0.1) is 0 Å². The predicted molar refractivity (Wildman–Crippen MR) is 68.6 cm³/mol. The Bertz CT molecular complexity index is 274. The summed E-state index contributed by atoms with van der Waals surface area (Å²) in [5.74, 6) is 0. The third-order valence-electron chi connectivity index (χ3n) is 2.98. The highest BCUT2D eigenvalue weighted by atomic mass is 15.1. The van der Waals surface area contributed by atoms with Crippen LogP contribution in [0.1, 0.15) is 19.0 Å². The number of nitrogens with zero attached hydrogens (tertiary/aromatic N) is 2. The van der Waals surface area contributed by atoms with E-state index in [0.29, 0.717) is 6.04 Å². The van der Waals surface area contributed by atoms with Gasteiger partial charge in [0.2, 0.25) is 0 Å². The zero-order valence-corrected chi connectivity index (χ0v) is 10.6. The van der Waals surface area contributed by atoms with Crippen LogP contribution in [0.15, 0.2) is 24.4 Å². The maximum Gasteiger partial charge on any atom is 0.0416 e. The Morgan fingerprint density at radius 1 is 1.44 bits per heavy atom. The molecule has 90 valence electrons.